The number of anilines is 2. The number of carboxylic acids is 1. The SMILES string of the molecule is COc1ccc(N(C)c2ccc(C(=O)O)c(Br)c2)cc1. The number of hydrogen-bond donors (Lipinski definition) is 1. The zero-order chi connectivity index (χ0) is 14.7. The normalized spacial score (nSPS) is 10.2. The lowest BCUT2D eigenvalue weighted by Gasteiger charge is -2.20. The van der Waals surface area contributed by atoms with E-state index in [9.17, 15) is 4.79 Å². The van der Waals surface area contributed by atoms with Crippen LogP contribution in [0.2, 0.25) is 0 Å². The summed E-state index contributed by atoms with van der Waals surface area (Å²) in [4.78, 5) is 13.0. The van der Waals surface area contributed by atoms with Gasteiger partial charge in [0.25, 0.3) is 0 Å². The number of ether oxygens (including phenoxy) is 1. The smallest absolute Gasteiger partial charge is 0.336 e. The van der Waals surface area contributed by atoms with Crippen LogP contribution in [0, 0.1) is 0 Å². The van der Waals surface area contributed by atoms with E-state index in [1.807, 2.05) is 36.2 Å². The van der Waals surface area contributed by atoms with E-state index < -0.39 is 5.97 Å². The van der Waals surface area contributed by atoms with Gasteiger partial charge in [-0.2, -0.15) is 0 Å². The van der Waals surface area contributed by atoms with Gasteiger partial charge < -0.3 is 14.7 Å². The van der Waals surface area contributed by atoms with Gasteiger partial charge in [0.15, 0.2) is 0 Å². The Balaban J connectivity index is 2.30. The first-order chi connectivity index (χ1) is 9.52. The van der Waals surface area contributed by atoms with Crippen LogP contribution in [0.25, 0.3) is 0 Å². The maximum atomic E-state index is 11.0. The highest BCUT2D eigenvalue weighted by molar-refractivity contribution is 9.10. The molecule has 1 N–H and O–H groups in total. The summed E-state index contributed by atoms with van der Waals surface area (Å²) in [7, 11) is 3.55. The fourth-order valence-corrected chi connectivity index (χ4v) is 2.38. The number of carbonyl (C=O) groups is 1. The number of carboxylic acid groups (broad SMARTS) is 1. The first-order valence-corrected chi connectivity index (χ1v) is 6.73. The lowest BCUT2D eigenvalue weighted by molar-refractivity contribution is 0.0696. The Morgan fingerprint density at radius 3 is 2.25 bits per heavy atom. The lowest BCUT2D eigenvalue weighted by Crippen LogP contribution is -2.10. The topological polar surface area (TPSA) is 49.8 Å². The maximum absolute atomic E-state index is 11.0. The number of rotatable bonds is 4. The minimum Gasteiger partial charge on any atom is -0.497 e. The molecule has 104 valence electrons. The molecule has 0 fully saturated rings. The summed E-state index contributed by atoms with van der Waals surface area (Å²) in [6.07, 6.45) is 0. The number of nitrogens with zero attached hydrogens (tertiary/aromatic N) is 1. The zero-order valence-electron chi connectivity index (χ0n) is 11.1. The molecule has 5 heteroatoms. The molecule has 4 nitrogen and oxygen atoms in total. The first kappa shape index (κ1) is 14.4. The molecule has 0 saturated carbocycles. The number of methoxy groups -OCH3 is 1. The summed E-state index contributed by atoms with van der Waals surface area (Å²) in [6, 6.07) is 12.8. The van der Waals surface area contributed by atoms with E-state index in [1.54, 1.807) is 25.3 Å². The van der Waals surface area contributed by atoms with Crippen molar-refractivity contribution in [3.63, 3.8) is 0 Å². The van der Waals surface area contributed by atoms with E-state index in [0.717, 1.165) is 17.1 Å². The van der Waals surface area contributed by atoms with E-state index in [2.05, 4.69) is 15.9 Å². The largest absolute Gasteiger partial charge is 0.497 e. The minimum absolute atomic E-state index is 0.247. The highest BCUT2D eigenvalue weighted by atomic mass is 79.9. The van der Waals surface area contributed by atoms with Gasteiger partial charge in [-0.3, -0.25) is 0 Å². The predicted molar refractivity (Wildman–Crippen MR) is 82.2 cm³/mol. The average Bonchev–Trinajstić information content (AvgIpc) is 2.46. The highest BCUT2D eigenvalue weighted by Gasteiger charge is 2.11. The maximum Gasteiger partial charge on any atom is 0.336 e. The quantitative estimate of drug-likeness (QED) is 0.919. The third-order valence-corrected chi connectivity index (χ3v) is 3.69. The molecule has 2 aromatic rings. The molecule has 0 radical (unpaired) electrons. The molecule has 2 rings (SSSR count). The van der Waals surface area contributed by atoms with E-state index in [1.165, 1.54) is 0 Å². The number of aromatic carboxylic acids is 1. The molecule has 0 amide bonds. The molecule has 0 unspecified atom stereocenters. The summed E-state index contributed by atoms with van der Waals surface area (Å²) >= 11 is 3.28. The fraction of sp³-hybridized carbons (Fsp3) is 0.133. The van der Waals surface area contributed by atoms with Crippen LogP contribution in [0.3, 0.4) is 0 Å². The van der Waals surface area contributed by atoms with Gasteiger partial charge in [0, 0.05) is 22.9 Å². The van der Waals surface area contributed by atoms with Crippen molar-refractivity contribution in [3.05, 3.63) is 52.5 Å². The van der Waals surface area contributed by atoms with Gasteiger partial charge in [0.1, 0.15) is 5.75 Å². The van der Waals surface area contributed by atoms with Gasteiger partial charge in [-0.25, -0.2) is 4.79 Å². The summed E-state index contributed by atoms with van der Waals surface area (Å²) in [5.41, 5.74) is 2.13. The van der Waals surface area contributed by atoms with Crippen LogP contribution in [-0.2, 0) is 0 Å². The fourth-order valence-electron chi connectivity index (χ4n) is 1.84. The van der Waals surface area contributed by atoms with Crippen LogP contribution >= 0.6 is 15.9 Å². The van der Waals surface area contributed by atoms with Crippen LogP contribution in [0.1, 0.15) is 10.4 Å². The Bertz CT molecular complexity index is 626. The second kappa shape index (κ2) is 5.96. The Kier molecular flexibility index (Phi) is 4.29. The minimum atomic E-state index is -0.949. The van der Waals surface area contributed by atoms with Gasteiger partial charge in [0.2, 0.25) is 0 Å². The average molecular weight is 336 g/mol. The molecule has 0 spiro atoms. The van der Waals surface area contributed by atoms with E-state index in [4.69, 9.17) is 9.84 Å². The zero-order valence-corrected chi connectivity index (χ0v) is 12.7. The summed E-state index contributed by atoms with van der Waals surface area (Å²) in [5, 5.41) is 9.01. The van der Waals surface area contributed by atoms with Gasteiger partial charge in [-0.1, -0.05) is 0 Å². The molecule has 20 heavy (non-hydrogen) atoms. The Hall–Kier alpha value is -2.01. The molecule has 0 aliphatic rings. The van der Waals surface area contributed by atoms with Gasteiger partial charge in [0.05, 0.1) is 12.7 Å². The van der Waals surface area contributed by atoms with E-state index in [-0.39, 0.29) is 5.56 Å². The lowest BCUT2D eigenvalue weighted by atomic mass is 10.2. The number of halogens is 1. The molecule has 0 aromatic heterocycles. The Morgan fingerprint density at radius 1 is 1.15 bits per heavy atom. The van der Waals surface area contributed by atoms with Crippen molar-refractivity contribution in [3.8, 4) is 5.75 Å². The third-order valence-electron chi connectivity index (χ3n) is 3.03. The van der Waals surface area contributed by atoms with Crippen LogP contribution in [-0.4, -0.2) is 25.2 Å². The van der Waals surface area contributed by atoms with Crippen LogP contribution in [0.15, 0.2) is 46.9 Å². The van der Waals surface area contributed by atoms with Crippen molar-refractivity contribution in [1.29, 1.82) is 0 Å². The summed E-state index contributed by atoms with van der Waals surface area (Å²) in [5.74, 6) is -0.153. The monoisotopic (exact) mass is 335 g/mol. The standard InChI is InChI=1S/C15H14BrNO3/c1-17(10-3-6-12(20-2)7-4-10)11-5-8-13(15(18)19)14(16)9-11/h3-9H,1-2H3,(H,18,19). The van der Waals surface area contributed by atoms with Crippen LogP contribution in [0.5, 0.6) is 5.75 Å². The predicted octanol–water partition coefficient (Wildman–Crippen LogP) is 3.92. The number of hydrogen-bond acceptors (Lipinski definition) is 3. The number of benzene rings is 2. The van der Waals surface area contributed by atoms with Gasteiger partial charge in [-0.15, -0.1) is 0 Å². The van der Waals surface area contributed by atoms with Crippen molar-refractivity contribution in [2.75, 3.05) is 19.1 Å². The van der Waals surface area contributed by atoms with Crippen LogP contribution in [0.4, 0.5) is 11.4 Å². The highest BCUT2D eigenvalue weighted by Crippen LogP contribution is 2.29. The summed E-state index contributed by atoms with van der Waals surface area (Å²) < 4.78 is 5.68. The molecular formula is C15H14BrNO3. The van der Waals surface area contributed by atoms with Crippen molar-refractivity contribution in [1.82, 2.24) is 0 Å². The van der Waals surface area contributed by atoms with E-state index >= 15 is 0 Å². The first-order valence-electron chi connectivity index (χ1n) is 5.93. The third kappa shape index (κ3) is 2.93. The van der Waals surface area contributed by atoms with Gasteiger partial charge in [-0.05, 0) is 58.4 Å². The van der Waals surface area contributed by atoms with Gasteiger partial charge >= 0.3 is 5.97 Å². The van der Waals surface area contributed by atoms with Crippen molar-refractivity contribution < 1.29 is 14.6 Å². The second-order valence-corrected chi connectivity index (χ2v) is 5.08. The molecular weight excluding hydrogens is 322 g/mol. The van der Waals surface area contributed by atoms with Crippen LogP contribution < -0.4 is 9.64 Å². The van der Waals surface area contributed by atoms with E-state index in [0.29, 0.717) is 4.47 Å². The molecule has 0 bridgehead atoms. The molecule has 0 atom stereocenters. The second-order valence-electron chi connectivity index (χ2n) is 4.23. The molecule has 2 aromatic carbocycles. The Labute approximate surface area is 125 Å². The Morgan fingerprint density at radius 2 is 1.75 bits per heavy atom. The molecule has 0 aliphatic carbocycles. The molecule has 0 aliphatic heterocycles. The summed E-state index contributed by atoms with van der Waals surface area (Å²) in [6.45, 7) is 0. The van der Waals surface area contributed by atoms with Crippen molar-refractivity contribution in [2.45, 2.75) is 0 Å². The van der Waals surface area contributed by atoms with Crippen molar-refractivity contribution in [2.24, 2.45) is 0 Å². The molecule has 0 heterocycles. The van der Waals surface area contributed by atoms with Crippen molar-refractivity contribution >= 4 is 33.3 Å². The molecule has 0 saturated heterocycles.